The summed E-state index contributed by atoms with van der Waals surface area (Å²) in [6, 6.07) is 15.1. The van der Waals surface area contributed by atoms with Crippen molar-refractivity contribution in [3.05, 3.63) is 59.2 Å². The molecule has 0 atom stereocenters. The molecule has 19 heavy (non-hydrogen) atoms. The van der Waals surface area contributed by atoms with Crippen molar-refractivity contribution >= 4 is 5.78 Å². The molecule has 2 aromatic carbocycles. The second-order valence-corrected chi connectivity index (χ2v) is 5.20. The maximum Gasteiger partial charge on any atom is 0.130 e. The molecule has 2 aromatic rings. The summed E-state index contributed by atoms with van der Waals surface area (Å²) in [4.78, 5) is 11.0. The van der Waals surface area contributed by atoms with Crippen molar-refractivity contribution in [1.82, 2.24) is 0 Å². The third-order valence-corrected chi connectivity index (χ3v) is 3.56. The number of rotatable bonds is 4. The van der Waals surface area contributed by atoms with Gasteiger partial charge < -0.3 is 4.79 Å². The van der Waals surface area contributed by atoms with E-state index in [0.29, 0.717) is 6.42 Å². The van der Waals surface area contributed by atoms with Crippen LogP contribution in [0.1, 0.15) is 30.0 Å². The zero-order valence-electron chi connectivity index (χ0n) is 11.9. The first-order valence-electron chi connectivity index (χ1n) is 6.72. The second kappa shape index (κ2) is 5.83. The number of ketones is 1. The van der Waals surface area contributed by atoms with Crippen LogP contribution in [-0.2, 0) is 11.2 Å². The highest BCUT2D eigenvalue weighted by Gasteiger charge is 2.01. The van der Waals surface area contributed by atoms with Crippen molar-refractivity contribution < 1.29 is 4.79 Å². The lowest BCUT2D eigenvalue weighted by Crippen LogP contribution is -1.93. The molecule has 0 aromatic heterocycles. The molecule has 0 saturated carbocycles. The molecule has 98 valence electrons. The third kappa shape index (κ3) is 3.54. The van der Waals surface area contributed by atoms with Crippen molar-refractivity contribution in [2.75, 3.05) is 0 Å². The van der Waals surface area contributed by atoms with Crippen LogP contribution in [-0.4, -0.2) is 5.78 Å². The van der Waals surface area contributed by atoms with Crippen molar-refractivity contribution in [1.29, 1.82) is 0 Å². The van der Waals surface area contributed by atoms with Gasteiger partial charge in [0.25, 0.3) is 0 Å². The Kier molecular flexibility index (Phi) is 4.16. The molecule has 2 rings (SSSR count). The van der Waals surface area contributed by atoms with Crippen molar-refractivity contribution in [2.24, 2.45) is 0 Å². The molecule has 0 bridgehead atoms. The van der Waals surface area contributed by atoms with Crippen LogP contribution in [0.25, 0.3) is 11.1 Å². The Bertz CT molecular complexity index is 579. The van der Waals surface area contributed by atoms with Gasteiger partial charge in [-0.1, -0.05) is 42.5 Å². The number of aryl methyl sites for hydroxylation is 3. The zero-order valence-corrected chi connectivity index (χ0v) is 11.9. The predicted molar refractivity (Wildman–Crippen MR) is 80.4 cm³/mol. The summed E-state index contributed by atoms with van der Waals surface area (Å²) in [6.07, 6.45) is 1.46. The third-order valence-electron chi connectivity index (χ3n) is 3.56. The van der Waals surface area contributed by atoms with E-state index in [4.69, 9.17) is 0 Å². The van der Waals surface area contributed by atoms with Crippen molar-refractivity contribution in [3.8, 4) is 11.1 Å². The lowest BCUT2D eigenvalue weighted by molar-refractivity contribution is -0.116. The van der Waals surface area contributed by atoms with Gasteiger partial charge in [0.2, 0.25) is 0 Å². The van der Waals surface area contributed by atoms with E-state index in [9.17, 15) is 4.79 Å². The molecule has 0 amide bonds. The molecule has 0 saturated heterocycles. The first-order chi connectivity index (χ1) is 9.06. The molecule has 0 aliphatic rings. The molecule has 0 unspecified atom stereocenters. The number of carbonyl (C=O) groups excluding carboxylic acids is 1. The summed E-state index contributed by atoms with van der Waals surface area (Å²) in [7, 11) is 0. The van der Waals surface area contributed by atoms with Crippen LogP contribution in [0, 0.1) is 13.8 Å². The van der Waals surface area contributed by atoms with Crippen LogP contribution in [0.3, 0.4) is 0 Å². The van der Waals surface area contributed by atoms with Gasteiger partial charge in [-0.3, -0.25) is 0 Å². The summed E-state index contributed by atoms with van der Waals surface area (Å²) < 4.78 is 0. The quantitative estimate of drug-likeness (QED) is 0.783. The smallest absolute Gasteiger partial charge is 0.130 e. The Morgan fingerprint density at radius 2 is 1.53 bits per heavy atom. The Morgan fingerprint density at radius 1 is 0.895 bits per heavy atom. The van der Waals surface area contributed by atoms with Gasteiger partial charge in [-0.05, 0) is 55.0 Å². The number of hydrogen-bond acceptors (Lipinski definition) is 1. The monoisotopic (exact) mass is 252 g/mol. The lowest BCUT2D eigenvalue weighted by atomic mass is 9.98. The van der Waals surface area contributed by atoms with E-state index < -0.39 is 0 Å². The minimum atomic E-state index is 0.248. The number of Topliss-reactive ketones (excluding diaryl/α,β-unsaturated/α-hetero) is 1. The fraction of sp³-hybridized carbons (Fsp3) is 0.278. The predicted octanol–water partition coefficient (Wildman–Crippen LogP) is 4.49. The van der Waals surface area contributed by atoms with Crippen LogP contribution >= 0.6 is 0 Å². The summed E-state index contributed by atoms with van der Waals surface area (Å²) in [5, 5.41) is 0. The maximum absolute atomic E-state index is 11.0. The molecule has 1 nitrogen and oxygen atoms in total. The Hall–Kier alpha value is -1.89. The summed E-state index contributed by atoms with van der Waals surface area (Å²) in [5.74, 6) is 0.248. The highest BCUT2D eigenvalue weighted by molar-refractivity contribution is 5.75. The Labute approximate surface area is 115 Å². The molecule has 0 radical (unpaired) electrons. The maximum atomic E-state index is 11.0. The average Bonchev–Trinajstić information content (AvgIpc) is 2.40. The summed E-state index contributed by atoms with van der Waals surface area (Å²) >= 11 is 0. The minimum absolute atomic E-state index is 0.248. The van der Waals surface area contributed by atoms with E-state index in [2.05, 4.69) is 56.3 Å². The lowest BCUT2D eigenvalue weighted by Gasteiger charge is -2.07. The van der Waals surface area contributed by atoms with E-state index >= 15 is 0 Å². The van der Waals surface area contributed by atoms with Crippen LogP contribution in [0.15, 0.2) is 42.5 Å². The molecule has 0 spiro atoms. The fourth-order valence-electron chi connectivity index (χ4n) is 2.11. The fourth-order valence-corrected chi connectivity index (χ4v) is 2.11. The van der Waals surface area contributed by atoms with Gasteiger partial charge in [0.15, 0.2) is 0 Å². The normalized spacial score (nSPS) is 10.5. The van der Waals surface area contributed by atoms with Gasteiger partial charge in [0.05, 0.1) is 0 Å². The van der Waals surface area contributed by atoms with Crippen molar-refractivity contribution in [3.63, 3.8) is 0 Å². The minimum Gasteiger partial charge on any atom is -0.300 e. The van der Waals surface area contributed by atoms with Crippen LogP contribution in [0.5, 0.6) is 0 Å². The Morgan fingerprint density at radius 3 is 2.11 bits per heavy atom. The molecule has 0 fully saturated rings. The average molecular weight is 252 g/mol. The van der Waals surface area contributed by atoms with Crippen LogP contribution in [0.4, 0.5) is 0 Å². The van der Waals surface area contributed by atoms with Gasteiger partial charge in [-0.25, -0.2) is 0 Å². The molecule has 0 N–H and O–H groups in total. The summed E-state index contributed by atoms with van der Waals surface area (Å²) in [5.41, 5.74) is 6.35. The van der Waals surface area contributed by atoms with Gasteiger partial charge in [0.1, 0.15) is 5.78 Å². The Balaban J connectivity index is 2.17. The van der Waals surface area contributed by atoms with Gasteiger partial charge >= 0.3 is 0 Å². The SMILES string of the molecule is CC(=O)CCc1ccc(-c2ccc(C)c(C)c2)cc1. The van der Waals surface area contributed by atoms with Crippen molar-refractivity contribution in [2.45, 2.75) is 33.6 Å². The highest BCUT2D eigenvalue weighted by atomic mass is 16.1. The van der Waals surface area contributed by atoms with E-state index in [-0.39, 0.29) is 5.78 Å². The van der Waals surface area contributed by atoms with Crippen LogP contribution in [0.2, 0.25) is 0 Å². The van der Waals surface area contributed by atoms with Gasteiger partial charge in [-0.15, -0.1) is 0 Å². The molecule has 0 heterocycles. The molecule has 1 heteroatoms. The first kappa shape index (κ1) is 13.5. The molecule has 0 aliphatic heterocycles. The molecule has 0 aliphatic carbocycles. The second-order valence-electron chi connectivity index (χ2n) is 5.20. The van der Waals surface area contributed by atoms with Crippen LogP contribution < -0.4 is 0 Å². The number of hydrogen-bond donors (Lipinski definition) is 0. The topological polar surface area (TPSA) is 17.1 Å². The largest absolute Gasteiger partial charge is 0.300 e. The zero-order chi connectivity index (χ0) is 13.8. The van der Waals surface area contributed by atoms with Gasteiger partial charge in [0, 0.05) is 6.42 Å². The standard InChI is InChI=1S/C18H20O/c1-13-4-9-18(12-14(13)2)17-10-7-16(8-11-17)6-5-15(3)19/h4,7-12H,5-6H2,1-3H3. The summed E-state index contributed by atoms with van der Waals surface area (Å²) in [6.45, 7) is 5.91. The van der Waals surface area contributed by atoms with E-state index in [0.717, 1.165) is 6.42 Å². The van der Waals surface area contributed by atoms with E-state index in [1.807, 2.05) is 0 Å². The first-order valence-corrected chi connectivity index (χ1v) is 6.72. The molecular weight excluding hydrogens is 232 g/mol. The van der Waals surface area contributed by atoms with E-state index in [1.54, 1.807) is 6.92 Å². The highest BCUT2D eigenvalue weighted by Crippen LogP contribution is 2.22. The van der Waals surface area contributed by atoms with E-state index in [1.165, 1.54) is 27.8 Å². The number of benzene rings is 2. The molecular formula is C18H20O. The number of carbonyl (C=O) groups is 1. The van der Waals surface area contributed by atoms with Gasteiger partial charge in [-0.2, -0.15) is 0 Å².